The van der Waals surface area contributed by atoms with Gasteiger partial charge in [0.05, 0.1) is 6.54 Å². The molecule has 24 heavy (non-hydrogen) atoms. The molecule has 0 bridgehead atoms. The number of nitrogens with zero attached hydrogens (tertiary/aromatic N) is 5. The first-order chi connectivity index (χ1) is 11.6. The molecule has 0 aliphatic rings. The van der Waals surface area contributed by atoms with Crippen molar-refractivity contribution >= 4 is 5.78 Å². The zero-order valence-corrected chi connectivity index (χ0v) is 13.8. The second kappa shape index (κ2) is 7.12. The van der Waals surface area contributed by atoms with E-state index in [4.69, 9.17) is 0 Å². The van der Waals surface area contributed by atoms with Gasteiger partial charge >= 0.3 is 0 Å². The predicted molar refractivity (Wildman–Crippen MR) is 90.5 cm³/mol. The fourth-order valence-corrected chi connectivity index (χ4v) is 2.39. The van der Waals surface area contributed by atoms with Gasteiger partial charge < -0.3 is 0 Å². The summed E-state index contributed by atoms with van der Waals surface area (Å²) in [5, 5.41) is 12.4. The highest BCUT2D eigenvalue weighted by Crippen LogP contribution is 2.13. The lowest BCUT2D eigenvalue weighted by molar-refractivity contribution is 0.0977. The maximum absolute atomic E-state index is 12.3. The Morgan fingerprint density at radius 2 is 1.88 bits per heavy atom. The molecule has 0 radical (unpaired) electrons. The minimum Gasteiger partial charge on any atom is -0.294 e. The molecule has 2 aromatic heterocycles. The normalized spacial score (nSPS) is 10.8. The molecule has 0 saturated heterocycles. The lowest BCUT2D eigenvalue weighted by Crippen LogP contribution is -2.06. The van der Waals surface area contributed by atoms with Crippen molar-refractivity contribution in [3.8, 4) is 11.4 Å². The number of pyridine rings is 1. The maximum atomic E-state index is 12.3. The Kier molecular flexibility index (Phi) is 4.74. The van der Waals surface area contributed by atoms with E-state index < -0.39 is 0 Å². The summed E-state index contributed by atoms with van der Waals surface area (Å²) in [6.45, 7) is 4.63. The Morgan fingerprint density at radius 3 is 2.62 bits per heavy atom. The summed E-state index contributed by atoms with van der Waals surface area (Å²) in [4.78, 5) is 17.8. The molecule has 2 heterocycles. The summed E-state index contributed by atoms with van der Waals surface area (Å²) in [7, 11) is 0. The van der Waals surface area contributed by atoms with Crippen LogP contribution in [0.1, 0.15) is 34.3 Å². The van der Waals surface area contributed by atoms with Gasteiger partial charge in [0.15, 0.2) is 5.78 Å². The molecule has 3 aromatic rings. The van der Waals surface area contributed by atoms with Gasteiger partial charge in [-0.3, -0.25) is 9.78 Å². The number of aromatic nitrogens is 5. The van der Waals surface area contributed by atoms with Crippen molar-refractivity contribution in [2.45, 2.75) is 33.2 Å². The predicted octanol–water partition coefficient (Wildman–Crippen LogP) is 3.02. The van der Waals surface area contributed by atoms with Gasteiger partial charge in [0.25, 0.3) is 0 Å². The van der Waals surface area contributed by atoms with Gasteiger partial charge in [-0.05, 0) is 54.8 Å². The average molecular weight is 321 g/mol. The molecule has 0 aliphatic carbocycles. The number of hydrogen-bond donors (Lipinski definition) is 0. The van der Waals surface area contributed by atoms with E-state index in [1.165, 1.54) is 10.4 Å². The molecule has 122 valence electrons. The fourth-order valence-electron chi connectivity index (χ4n) is 2.39. The van der Waals surface area contributed by atoms with Crippen LogP contribution in [0.4, 0.5) is 0 Å². The Hall–Kier alpha value is -2.89. The van der Waals surface area contributed by atoms with E-state index in [0.29, 0.717) is 25.2 Å². The van der Waals surface area contributed by atoms with Crippen LogP contribution in [0.2, 0.25) is 0 Å². The van der Waals surface area contributed by atoms with Crippen molar-refractivity contribution in [3.05, 3.63) is 59.4 Å². The smallest absolute Gasteiger partial charge is 0.205 e. The first-order valence-electron chi connectivity index (χ1n) is 7.92. The molecule has 0 aliphatic heterocycles. The van der Waals surface area contributed by atoms with Gasteiger partial charge in [-0.15, -0.1) is 10.2 Å². The number of hydrogen-bond acceptors (Lipinski definition) is 5. The molecule has 0 atom stereocenters. The van der Waals surface area contributed by atoms with Crippen LogP contribution in [0.5, 0.6) is 0 Å². The molecule has 0 spiro atoms. The Morgan fingerprint density at radius 1 is 1.08 bits per heavy atom. The second-order valence-electron chi connectivity index (χ2n) is 5.77. The molecule has 3 rings (SSSR count). The van der Waals surface area contributed by atoms with E-state index in [1.54, 1.807) is 12.4 Å². The lowest BCUT2D eigenvalue weighted by atomic mass is 10.0. The van der Waals surface area contributed by atoms with Gasteiger partial charge in [-0.2, -0.15) is 4.80 Å². The Balaban J connectivity index is 1.56. The Labute approximate surface area is 140 Å². The highest BCUT2D eigenvalue weighted by Gasteiger charge is 2.09. The van der Waals surface area contributed by atoms with Gasteiger partial charge in [0.2, 0.25) is 5.82 Å². The summed E-state index contributed by atoms with van der Waals surface area (Å²) in [6.07, 6.45) is 4.53. The largest absolute Gasteiger partial charge is 0.294 e. The van der Waals surface area contributed by atoms with Gasteiger partial charge in [-0.25, -0.2) is 0 Å². The summed E-state index contributed by atoms with van der Waals surface area (Å²) >= 11 is 0. The third-order valence-corrected chi connectivity index (χ3v) is 3.98. The number of aryl methyl sites for hydroxylation is 3. The van der Waals surface area contributed by atoms with Crippen LogP contribution in [0.3, 0.4) is 0 Å². The van der Waals surface area contributed by atoms with Crippen LogP contribution in [0.15, 0.2) is 42.7 Å². The first-order valence-corrected chi connectivity index (χ1v) is 7.92. The van der Waals surface area contributed by atoms with Crippen molar-refractivity contribution in [1.29, 1.82) is 0 Å². The van der Waals surface area contributed by atoms with Crippen LogP contribution >= 0.6 is 0 Å². The van der Waals surface area contributed by atoms with E-state index in [-0.39, 0.29) is 5.78 Å². The number of carbonyl (C=O) groups is 1. The molecule has 0 N–H and O–H groups in total. The lowest BCUT2D eigenvalue weighted by Gasteiger charge is -2.04. The Bertz CT molecular complexity index is 842. The molecule has 6 nitrogen and oxygen atoms in total. The topological polar surface area (TPSA) is 73.6 Å². The van der Waals surface area contributed by atoms with Crippen molar-refractivity contribution in [2.75, 3.05) is 0 Å². The third-order valence-electron chi connectivity index (χ3n) is 3.98. The highest BCUT2D eigenvalue weighted by molar-refractivity contribution is 5.96. The van der Waals surface area contributed by atoms with Crippen LogP contribution in [-0.2, 0) is 6.54 Å². The molecular formula is C18H19N5O. The van der Waals surface area contributed by atoms with E-state index in [1.807, 2.05) is 44.2 Å². The van der Waals surface area contributed by atoms with Crippen LogP contribution < -0.4 is 0 Å². The molecule has 0 unspecified atom stereocenters. The molecule has 0 fully saturated rings. The quantitative estimate of drug-likeness (QED) is 0.652. The minimum absolute atomic E-state index is 0.146. The number of benzene rings is 1. The molecular weight excluding hydrogens is 302 g/mol. The molecule has 0 amide bonds. The van der Waals surface area contributed by atoms with E-state index in [0.717, 1.165) is 16.7 Å². The van der Waals surface area contributed by atoms with Crippen LogP contribution in [-0.4, -0.2) is 31.0 Å². The van der Waals surface area contributed by atoms with Gasteiger partial charge in [0, 0.05) is 29.9 Å². The number of rotatable bonds is 6. The zero-order valence-electron chi connectivity index (χ0n) is 13.8. The minimum atomic E-state index is 0.146. The SMILES string of the molecule is Cc1ccc(C(=O)CCCn2nnc(-c3ccncc3)n2)cc1C. The van der Waals surface area contributed by atoms with Crippen LogP contribution in [0.25, 0.3) is 11.4 Å². The monoisotopic (exact) mass is 321 g/mol. The number of tetrazole rings is 1. The van der Waals surface area contributed by atoms with Crippen molar-refractivity contribution in [1.82, 2.24) is 25.2 Å². The van der Waals surface area contributed by atoms with E-state index >= 15 is 0 Å². The molecule has 6 heteroatoms. The van der Waals surface area contributed by atoms with E-state index in [9.17, 15) is 4.79 Å². The summed E-state index contributed by atoms with van der Waals surface area (Å²) in [6, 6.07) is 9.50. The second-order valence-corrected chi connectivity index (χ2v) is 5.77. The molecule has 0 saturated carbocycles. The van der Waals surface area contributed by atoms with Crippen molar-refractivity contribution in [3.63, 3.8) is 0 Å². The molecule has 1 aromatic carbocycles. The fraction of sp³-hybridized carbons (Fsp3) is 0.278. The zero-order chi connectivity index (χ0) is 16.9. The number of carbonyl (C=O) groups excluding carboxylic acids is 1. The number of Topliss-reactive ketones (excluding diaryl/α,β-unsaturated/α-hetero) is 1. The standard InChI is InChI=1S/C18H19N5O/c1-13-5-6-16(12-14(13)2)17(24)4-3-11-23-21-18(20-22-23)15-7-9-19-10-8-15/h5-10,12H,3-4,11H2,1-2H3. The highest BCUT2D eigenvalue weighted by atomic mass is 16.1. The summed E-state index contributed by atoms with van der Waals surface area (Å²) in [5.41, 5.74) is 3.98. The average Bonchev–Trinajstić information content (AvgIpc) is 3.07. The van der Waals surface area contributed by atoms with E-state index in [2.05, 4.69) is 20.4 Å². The first kappa shape index (κ1) is 16.0. The summed E-state index contributed by atoms with van der Waals surface area (Å²) in [5.74, 6) is 0.713. The van der Waals surface area contributed by atoms with Gasteiger partial charge in [-0.1, -0.05) is 12.1 Å². The van der Waals surface area contributed by atoms with Crippen molar-refractivity contribution < 1.29 is 4.79 Å². The maximum Gasteiger partial charge on any atom is 0.205 e. The number of ketones is 1. The van der Waals surface area contributed by atoms with Crippen molar-refractivity contribution in [2.24, 2.45) is 0 Å². The third kappa shape index (κ3) is 3.71. The van der Waals surface area contributed by atoms with Crippen LogP contribution in [0, 0.1) is 13.8 Å². The summed E-state index contributed by atoms with van der Waals surface area (Å²) < 4.78 is 0. The van der Waals surface area contributed by atoms with Gasteiger partial charge in [0.1, 0.15) is 0 Å².